The number of hydrogen-bond donors (Lipinski definition) is 0. The van der Waals surface area contributed by atoms with Crippen molar-refractivity contribution in [2.24, 2.45) is 0 Å². The highest BCUT2D eigenvalue weighted by molar-refractivity contribution is 9.10. The molecule has 1 heterocycles. The topological polar surface area (TPSA) is 53.3 Å². The second-order valence-electron chi connectivity index (χ2n) is 4.87. The Balaban J connectivity index is 2.24. The number of carbonyl (C=O) groups excluding carboxylic acids is 1. The average molecular weight is 415 g/mol. The van der Waals surface area contributed by atoms with Gasteiger partial charge in [-0.05, 0) is 53.5 Å². The summed E-state index contributed by atoms with van der Waals surface area (Å²) < 4.78 is 36.8. The third-order valence-corrected chi connectivity index (χ3v) is 3.82. The number of ether oxygens (including phenoxy) is 2. The SMILES string of the molecule is CCOc1cc(/C=C/C(=O)c2c(Br)cnn2CC)ccc1OC(F)F. The quantitative estimate of drug-likeness (QED) is 0.469. The summed E-state index contributed by atoms with van der Waals surface area (Å²) in [6.07, 6.45) is 4.54. The van der Waals surface area contributed by atoms with Gasteiger partial charge in [0.05, 0.1) is 17.3 Å². The summed E-state index contributed by atoms with van der Waals surface area (Å²) >= 11 is 3.30. The van der Waals surface area contributed by atoms with Crippen molar-refractivity contribution in [3.63, 3.8) is 0 Å². The number of hydrogen-bond acceptors (Lipinski definition) is 4. The molecular formula is C17H17BrF2N2O3. The van der Waals surface area contributed by atoms with E-state index in [1.54, 1.807) is 29.9 Å². The number of allylic oxidation sites excluding steroid dienone is 1. The van der Waals surface area contributed by atoms with Crippen LogP contribution in [-0.2, 0) is 6.54 Å². The molecule has 0 N–H and O–H groups in total. The molecule has 0 amide bonds. The maximum Gasteiger partial charge on any atom is 0.387 e. The molecule has 2 rings (SSSR count). The molecule has 0 aliphatic heterocycles. The number of nitrogens with zero attached hydrogens (tertiary/aromatic N) is 2. The van der Waals surface area contributed by atoms with Gasteiger partial charge in [-0.3, -0.25) is 9.48 Å². The summed E-state index contributed by atoms with van der Waals surface area (Å²) in [4.78, 5) is 12.4. The summed E-state index contributed by atoms with van der Waals surface area (Å²) in [6, 6.07) is 4.49. The smallest absolute Gasteiger partial charge is 0.387 e. The molecule has 1 aromatic heterocycles. The van der Waals surface area contributed by atoms with E-state index >= 15 is 0 Å². The van der Waals surface area contributed by atoms with E-state index < -0.39 is 6.61 Å². The zero-order chi connectivity index (χ0) is 18.4. The summed E-state index contributed by atoms with van der Waals surface area (Å²) in [5.41, 5.74) is 1.07. The first-order chi connectivity index (χ1) is 12.0. The first-order valence-corrected chi connectivity index (χ1v) is 8.40. The summed E-state index contributed by atoms with van der Waals surface area (Å²) in [5, 5.41) is 4.10. The normalized spacial score (nSPS) is 11.3. The van der Waals surface area contributed by atoms with Crippen LogP contribution in [0, 0.1) is 0 Å². The lowest BCUT2D eigenvalue weighted by molar-refractivity contribution is -0.0514. The van der Waals surface area contributed by atoms with E-state index in [2.05, 4.69) is 25.8 Å². The van der Waals surface area contributed by atoms with Gasteiger partial charge in [-0.25, -0.2) is 0 Å². The van der Waals surface area contributed by atoms with Crippen molar-refractivity contribution in [1.82, 2.24) is 9.78 Å². The Hall–Kier alpha value is -2.22. The molecule has 0 spiro atoms. The van der Waals surface area contributed by atoms with Gasteiger partial charge in [-0.2, -0.15) is 13.9 Å². The third kappa shape index (κ3) is 4.88. The van der Waals surface area contributed by atoms with Crippen molar-refractivity contribution in [2.45, 2.75) is 27.0 Å². The molecule has 0 unspecified atom stereocenters. The van der Waals surface area contributed by atoms with E-state index in [0.717, 1.165) is 0 Å². The average Bonchev–Trinajstić information content (AvgIpc) is 2.95. The highest BCUT2D eigenvalue weighted by Gasteiger charge is 2.14. The second kappa shape index (κ2) is 8.75. The van der Waals surface area contributed by atoms with Crippen LogP contribution in [-0.4, -0.2) is 28.8 Å². The molecular weight excluding hydrogens is 398 g/mol. The number of carbonyl (C=O) groups is 1. The van der Waals surface area contributed by atoms with Gasteiger partial charge in [0.15, 0.2) is 11.5 Å². The fraction of sp³-hybridized carbons (Fsp3) is 0.294. The van der Waals surface area contributed by atoms with Crippen molar-refractivity contribution in [2.75, 3.05) is 6.61 Å². The van der Waals surface area contributed by atoms with Crippen LogP contribution in [0.4, 0.5) is 8.78 Å². The van der Waals surface area contributed by atoms with Gasteiger partial charge in [-0.1, -0.05) is 12.1 Å². The van der Waals surface area contributed by atoms with Crippen LogP contribution in [0.15, 0.2) is 34.9 Å². The van der Waals surface area contributed by atoms with Crippen LogP contribution in [0.1, 0.15) is 29.9 Å². The van der Waals surface area contributed by atoms with Crippen molar-refractivity contribution < 1.29 is 23.0 Å². The molecule has 0 fully saturated rings. The first kappa shape index (κ1) is 19.1. The number of halogens is 3. The van der Waals surface area contributed by atoms with Gasteiger partial charge in [0.1, 0.15) is 5.69 Å². The number of ketones is 1. The number of aryl methyl sites for hydroxylation is 1. The minimum Gasteiger partial charge on any atom is -0.490 e. The lowest BCUT2D eigenvalue weighted by Gasteiger charge is -2.11. The number of benzene rings is 1. The highest BCUT2D eigenvalue weighted by atomic mass is 79.9. The zero-order valence-electron chi connectivity index (χ0n) is 13.7. The molecule has 1 aromatic carbocycles. The monoisotopic (exact) mass is 414 g/mol. The molecule has 2 aromatic rings. The molecule has 5 nitrogen and oxygen atoms in total. The van der Waals surface area contributed by atoms with Gasteiger partial charge in [0.2, 0.25) is 5.78 Å². The van der Waals surface area contributed by atoms with Crippen molar-refractivity contribution in [1.29, 1.82) is 0 Å². The van der Waals surface area contributed by atoms with Crippen LogP contribution >= 0.6 is 15.9 Å². The van der Waals surface area contributed by atoms with Gasteiger partial charge < -0.3 is 9.47 Å². The molecule has 0 bridgehead atoms. The molecule has 134 valence electrons. The van der Waals surface area contributed by atoms with Crippen molar-refractivity contribution in [3.8, 4) is 11.5 Å². The van der Waals surface area contributed by atoms with E-state index in [9.17, 15) is 13.6 Å². The van der Waals surface area contributed by atoms with E-state index in [1.807, 2.05) is 6.92 Å². The van der Waals surface area contributed by atoms with Crippen LogP contribution in [0.2, 0.25) is 0 Å². The maximum absolute atomic E-state index is 12.4. The van der Waals surface area contributed by atoms with Gasteiger partial charge in [0, 0.05) is 6.54 Å². The van der Waals surface area contributed by atoms with Gasteiger partial charge >= 0.3 is 6.61 Å². The Morgan fingerprint density at radius 2 is 2.12 bits per heavy atom. The summed E-state index contributed by atoms with van der Waals surface area (Å²) in [6.45, 7) is 1.55. The third-order valence-electron chi connectivity index (χ3n) is 3.24. The van der Waals surface area contributed by atoms with Gasteiger partial charge in [-0.15, -0.1) is 0 Å². The number of rotatable bonds is 8. The standard InChI is InChI=1S/C17H17BrF2N2O3/c1-3-22-16(12(18)10-21-22)13(23)7-5-11-6-8-14(25-17(19)20)15(9-11)24-4-2/h5-10,17H,3-4H2,1-2H3/b7-5+. The Morgan fingerprint density at radius 3 is 2.76 bits per heavy atom. The molecule has 0 saturated heterocycles. The molecule has 0 radical (unpaired) electrons. The van der Waals surface area contributed by atoms with E-state index in [0.29, 0.717) is 28.9 Å². The lowest BCUT2D eigenvalue weighted by Crippen LogP contribution is -2.08. The van der Waals surface area contributed by atoms with Crippen LogP contribution in [0.3, 0.4) is 0 Å². The molecule has 0 aliphatic carbocycles. The van der Waals surface area contributed by atoms with Crippen LogP contribution < -0.4 is 9.47 Å². The predicted octanol–water partition coefficient (Wildman–Crippen LogP) is 4.56. The molecule has 0 atom stereocenters. The summed E-state index contributed by atoms with van der Waals surface area (Å²) in [5.74, 6) is -0.0820. The predicted molar refractivity (Wildman–Crippen MR) is 93.2 cm³/mol. The summed E-state index contributed by atoms with van der Waals surface area (Å²) in [7, 11) is 0. The fourth-order valence-corrected chi connectivity index (χ4v) is 2.68. The lowest BCUT2D eigenvalue weighted by atomic mass is 10.1. The van der Waals surface area contributed by atoms with Crippen LogP contribution in [0.25, 0.3) is 6.08 Å². The number of aromatic nitrogens is 2. The molecule has 0 saturated carbocycles. The first-order valence-electron chi connectivity index (χ1n) is 7.61. The van der Waals surface area contributed by atoms with E-state index in [1.165, 1.54) is 18.2 Å². The largest absolute Gasteiger partial charge is 0.490 e. The van der Waals surface area contributed by atoms with Crippen molar-refractivity contribution >= 4 is 27.8 Å². The Labute approximate surface area is 152 Å². The Kier molecular flexibility index (Phi) is 6.69. The fourth-order valence-electron chi connectivity index (χ4n) is 2.19. The van der Waals surface area contributed by atoms with E-state index in [4.69, 9.17) is 4.74 Å². The zero-order valence-corrected chi connectivity index (χ0v) is 15.3. The minimum atomic E-state index is -2.94. The molecule has 0 aliphatic rings. The highest BCUT2D eigenvalue weighted by Crippen LogP contribution is 2.30. The Morgan fingerprint density at radius 1 is 1.36 bits per heavy atom. The van der Waals surface area contributed by atoms with Crippen LogP contribution in [0.5, 0.6) is 11.5 Å². The Bertz CT molecular complexity index is 775. The maximum atomic E-state index is 12.4. The second-order valence-corrected chi connectivity index (χ2v) is 5.73. The van der Waals surface area contributed by atoms with Crippen molar-refractivity contribution in [3.05, 3.63) is 46.2 Å². The van der Waals surface area contributed by atoms with Gasteiger partial charge in [0.25, 0.3) is 0 Å². The minimum absolute atomic E-state index is 0.0490. The number of alkyl halides is 2. The molecule has 25 heavy (non-hydrogen) atoms. The molecule has 8 heteroatoms. The van der Waals surface area contributed by atoms with E-state index in [-0.39, 0.29) is 17.3 Å².